The molecule has 1 aliphatic heterocycles. The smallest absolute Gasteiger partial charge is 0.268 e. The van der Waals surface area contributed by atoms with E-state index in [-0.39, 0.29) is 6.10 Å². The van der Waals surface area contributed by atoms with Crippen LogP contribution in [0.5, 0.6) is 5.75 Å². The number of nitrogens with one attached hydrogen (secondary N) is 1. The van der Waals surface area contributed by atoms with Crippen LogP contribution in [0.2, 0.25) is 0 Å². The first-order valence-corrected chi connectivity index (χ1v) is 7.68. The molecular weight excluding hydrogens is 308 g/mol. The van der Waals surface area contributed by atoms with Crippen molar-refractivity contribution >= 4 is 5.91 Å². The lowest BCUT2D eigenvalue weighted by Gasteiger charge is -2.23. The quantitative estimate of drug-likeness (QED) is 0.770. The van der Waals surface area contributed by atoms with Gasteiger partial charge in [0.2, 0.25) is 11.7 Å². The van der Waals surface area contributed by atoms with Crippen molar-refractivity contribution in [2.24, 2.45) is 5.73 Å². The minimum absolute atomic E-state index is 0.271. The molecule has 0 radical (unpaired) electrons. The van der Waals surface area contributed by atoms with Gasteiger partial charge in [0.05, 0.1) is 11.3 Å². The lowest BCUT2D eigenvalue weighted by Crippen LogP contribution is -2.15. The number of amides is 1. The number of H-pyrrole nitrogens is 1. The Hall–Kier alpha value is -3.09. The number of rotatable bonds is 3. The highest BCUT2D eigenvalue weighted by atomic mass is 16.5. The Labute approximate surface area is 137 Å². The molecule has 4 rings (SSSR count). The van der Waals surface area contributed by atoms with Crippen LogP contribution in [-0.2, 0) is 6.42 Å². The predicted molar refractivity (Wildman–Crippen MR) is 85.5 cm³/mol. The highest BCUT2D eigenvalue weighted by Gasteiger charge is 2.27. The Balaban J connectivity index is 1.57. The van der Waals surface area contributed by atoms with E-state index in [2.05, 4.69) is 28.1 Å². The van der Waals surface area contributed by atoms with Gasteiger partial charge in [-0.3, -0.25) is 4.79 Å². The number of aromatic amines is 1. The molecule has 1 atom stereocenters. The summed E-state index contributed by atoms with van der Waals surface area (Å²) in [6.07, 6.45) is 2.92. The third-order valence-corrected chi connectivity index (χ3v) is 4.09. The number of hydrogen-bond acceptors (Lipinski definition) is 5. The van der Waals surface area contributed by atoms with Crippen molar-refractivity contribution in [2.75, 3.05) is 0 Å². The third kappa shape index (κ3) is 2.54. The van der Waals surface area contributed by atoms with E-state index in [9.17, 15) is 4.79 Å². The first-order valence-electron chi connectivity index (χ1n) is 7.68. The molecule has 3 aromatic rings. The van der Waals surface area contributed by atoms with Crippen LogP contribution in [0.4, 0.5) is 0 Å². The molecule has 3 heterocycles. The maximum absolute atomic E-state index is 11.2. The van der Waals surface area contributed by atoms with Crippen LogP contribution < -0.4 is 10.5 Å². The number of primary amides is 1. The van der Waals surface area contributed by atoms with E-state index in [0.29, 0.717) is 23.0 Å². The van der Waals surface area contributed by atoms with Crippen molar-refractivity contribution in [1.29, 1.82) is 0 Å². The zero-order chi connectivity index (χ0) is 16.7. The number of benzene rings is 1. The molecule has 2 aromatic heterocycles. The molecule has 122 valence electrons. The maximum Gasteiger partial charge on any atom is 0.268 e. The van der Waals surface area contributed by atoms with E-state index in [1.165, 1.54) is 17.3 Å². The van der Waals surface area contributed by atoms with Crippen LogP contribution in [0.15, 0.2) is 35.0 Å². The molecule has 1 amide bonds. The van der Waals surface area contributed by atoms with Gasteiger partial charge in [-0.2, -0.15) is 4.98 Å². The lowest BCUT2D eigenvalue weighted by molar-refractivity contribution is 0.100. The summed E-state index contributed by atoms with van der Waals surface area (Å²) >= 11 is 0. The number of hydrogen-bond donors (Lipinski definition) is 2. The van der Waals surface area contributed by atoms with E-state index in [1.54, 1.807) is 6.07 Å². The van der Waals surface area contributed by atoms with Gasteiger partial charge in [-0.15, -0.1) is 0 Å². The second-order valence-electron chi connectivity index (χ2n) is 5.88. The van der Waals surface area contributed by atoms with Crippen molar-refractivity contribution in [1.82, 2.24) is 15.1 Å². The van der Waals surface area contributed by atoms with Gasteiger partial charge in [-0.1, -0.05) is 22.9 Å². The highest BCUT2D eigenvalue weighted by molar-refractivity contribution is 5.93. The first-order chi connectivity index (χ1) is 11.6. The number of aryl methyl sites for hydroxylation is 2. The summed E-state index contributed by atoms with van der Waals surface area (Å²) in [5.74, 6) is 1.14. The molecule has 1 unspecified atom stereocenters. The van der Waals surface area contributed by atoms with E-state index in [0.717, 1.165) is 18.6 Å². The molecule has 0 saturated carbocycles. The van der Waals surface area contributed by atoms with E-state index in [1.807, 2.05) is 12.1 Å². The summed E-state index contributed by atoms with van der Waals surface area (Å²) in [7, 11) is 0. The molecule has 1 aromatic carbocycles. The Morgan fingerprint density at radius 1 is 1.38 bits per heavy atom. The zero-order valence-electron chi connectivity index (χ0n) is 13.1. The van der Waals surface area contributed by atoms with E-state index in [4.69, 9.17) is 15.0 Å². The standard InChI is InChI=1S/C17H16N4O3/c1-9-2-4-13-10(6-9)3-5-14(23-13)17-20-16(21-24-17)12-7-11(8-19-12)15(18)22/h2,4,6-8,14,19H,3,5H2,1H3,(H2,18,22). The van der Waals surface area contributed by atoms with Crippen molar-refractivity contribution in [3.8, 4) is 17.3 Å². The topological polar surface area (TPSA) is 107 Å². The zero-order valence-corrected chi connectivity index (χ0v) is 13.1. The van der Waals surface area contributed by atoms with Gasteiger partial charge >= 0.3 is 0 Å². The molecule has 0 spiro atoms. The van der Waals surface area contributed by atoms with Crippen LogP contribution in [0.1, 0.15) is 39.9 Å². The Morgan fingerprint density at radius 3 is 3.04 bits per heavy atom. The van der Waals surface area contributed by atoms with Gasteiger partial charge in [0.15, 0.2) is 6.10 Å². The molecule has 1 aliphatic rings. The number of aromatic nitrogens is 3. The lowest BCUT2D eigenvalue weighted by atomic mass is 10.0. The van der Waals surface area contributed by atoms with Gasteiger partial charge in [-0.25, -0.2) is 0 Å². The highest BCUT2D eigenvalue weighted by Crippen LogP contribution is 2.35. The number of ether oxygens (including phenoxy) is 1. The number of fused-ring (bicyclic) bond motifs is 1. The molecule has 3 N–H and O–H groups in total. The van der Waals surface area contributed by atoms with Crippen molar-refractivity contribution < 1.29 is 14.1 Å². The average molecular weight is 324 g/mol. The van der Waals surface area contributed by atoms with E-state index >= 15 is 0 Å². The summed E-state index contributed by atoms with van der Waals surface area (Å²) in [5.41, 5.74) is 8.60. The fraction of sp³-hybridized carbons (Fsp3) is 0.235. The van der Waals surface area contributed by atoms with Gasteiger partial charge in [0, 0.05) is 6.20 Å². The maximum atomic E-state index is 11.2. The molecular formula is C17H16N4O3. The SMILES string of the molecule is Cc1ccc2c(c1)CCC(c1nc(-c3cc(C(N)=O)c[nH]3)no1)O2. The summed E-state index contributed by atoms with van der Waals surface area (Å²) in [5, 5.41) is 3.95. The molecule has 7 nitrogen and oxygen atoms in total. The summed E-state index contributed by atoms with van der Waals surface area (Å²) in [4.78, 5) is 18.5. The second kappa shape index (κ2) is 5.52. The van der Waals surface area contributed by atoms with Crippen molar-refractivity contribution in [2.45, 2.75) is 25.9 Å². The fourth-order valence-electron chi connectivity index (χ4n) is 2.83. The van der Waals surface area contributed by atoms with E-state index < -0.39 is 5.91 Å². The van der Waals surface area contributed by atoms with Crippen LogP contribution in [0.3, 0.4) is 0 Å². The summed E-state index contributed by atoms with van der Waals surface area (Å²) < 4.78 is 11.3. The molecule has 0 bridgehead atoms. The molecule has 24 heavy (non-hydrogen) atoms. The fourth-order valence-corrected chi connectivity index (χ4v) is 2.83. The number of nitrogens with zero attached hydrogens (tertiary/aromatic N) is 2. The van der Waals surface area contributed by atoms with Gasteiger partial charge in [0.25, 0.3) is 5.89 Å². The molecule has 0 saturated heterocycles. The van der Waals surface area contributed by atoms with Crippen molar-refractivity contribution in [3.05, 3.63) is 53.0 Å². The minimum Gasteiger partial charge on any atom is -0.480 e. The molecule has 0 fully saturated rings. The van der Waals surface area contributed by atoms with Crippen LogP contribution in [0, 0.1) is 6.92 Å². The normalized spacial score (nSPS) is 16.5. The third-order valence-electron chi connectivity index (χ3n) is 4.09. The molecule has 0 aliphatic carbocycles. The van der Waals surface area contributed by atoms with Crippen molar-refractivity contribution in [3.63, 3.8) is 0 Å². The van der Waals surface area contributed by atoms with Crippen LogP contribution in [-0.4, -0.2) is 21.0 Å². The second-order valence-corrected chi connectivity index (χ2v) is 5.88. The van der Waals surface area contributed by atoms with Gasteiger partial charge in [-0.05, 0) is 37.5 Å². The average Bonchev–Trinajstić information content (AvgIpc) is 3.23. The predicted octanol–water partition coefficient (Wildman–Crippen LogP) is 2.54. The largest absolute Gasteiger partial charge is 0.480 e. The Kier molecular flexibility index (Phi) is 3.34. The first kappa shape index (κ1) is 14.5. The van der Waals surface area contributed by atoms with Crippen LogP contribution >= 0.6 is 0 Å². The Bertz CT molecular complexity index is 912. The minimum atomic E-state index is -0.510. The number of nitrogens with two attached hydrogens (primary N) is 1. The summed E-state index contributed by atoms with van der Waals surface area (Å²) in [6, 6.07) is 7.72. The van der Waals surface area contributed by atoms with Gasteiger partial charge in [0.1, 0.15) is 5.75 Å². The van der Waals surface area contributed by atoms with Gasteiger partial charge < -0.3 is 20.0 Å². The van der Waals surface area contributed by atoms with Crippen LogP contribution in [0.25, 0.3) is 11.5 Å². The monoisotopic (exact) mass is 324 g/mol. The summed E-state index contributed by atoms with van der Waals surface area (Å²) in [6.45, 7) is 2.06. The molecule has 7 heteroatoms. The number of carbonyl (C=O) groups is 1. The number of carbonyl (C=O) groups excluding carboxylic acids is 1. The Morgan fingerprint density at radius 2 is 2.25 bits per heavy atom.